The summed E-state index contributed by atoms with van der Waals surface area (Å²) in [7, 11) is 2.17. The quantitative estimate of drug-likeness (QED) is 0.770. The molecule has 1 aliphatic carbocycles. The zero-order chi connectivity index (χ0) is 21.2. The Morgan fingerprint density at radius 3 is 2.10 bits per heavy atom. The Morgan fingerprint density at radius 2 is 1.66 bits per heavy atom. The van der Waals surface area contributed by atoms with Crippen LogP contribution in [0.15, 0.2) is 57.0 Å². The van der Waals surface area contributed by atoms with E-state index in [1.165, 1.54) is 36.8 Å². The monoisotopic (exact) mass is 396 g/mol. The fourth-order valence-electron chi connectivity index (χ4n) is 3.82. The number of esters is 2. The van der Waals surface area contributed by atoms with Crippen molar-refractivity contribution in [2.45, 2.75) is 11.8 Å². The molecule has 29 heavy (non-hydrogen) atoms. The number of nitrogens with zero attached hydrogens (tertiary/aromatic N) is 2. The van der Waals surface area contributed by atoms with Crippen LogP contribution in [0.25, 0.3) is 0 Å². The van der Waals surface area contributed by atoms with Gasteiger partial charge in [0.2, 0.25) is 0 Å². The standard InChI is InChI=1S/C20H16N2O7/c1-26-18(24)13-15(11-5-3-7-28-11)20(9-21,10-22)16(12-6-4-8-29-12)14(17(13)23)19(25)27-2/h3-8,13,15-16,23H,1-2H3/t13-,15-,16+/m1/s1. The summed E-state index contributed by atoms with van der Waals surface area (Å²) in [4.78, 5) is 25.2. The van der Waals surface area contributed by atoms with E-state index in [0.717, 1.165) is 14.2 Å². The van der Waals surface area contributed by atoms with Crippen molar-refractivity contribution < 1.29 is 33.0 Å². The number of rotatable bonds is 4. The van der Waals surface area contributed by atoms with Crippen molar-refractivity contribution in [2.24, 2.45) is 11.3 Å². The number of furan rings is 2. The molecule has 2 aromatic heterocycles. The molecule has 0 aromatic carbocycles. The minimum absolute atomic E-state index is 0.0694. The number of hydrogen-bond donors (Lipinski definition) is 1. The molecule has 0 spiro atoms. The molecule has 0 bridgehead atoms. The van der Waals surface area contributed by atoms with Crippen LogP contribution in [0.5, 0.6) is 0 Å². The third-order valence-corrected chi connectivity index (χ3v) is 5.05. The highest BCUT2D eigenvalue weighted by molar-refractivity contribution is 5.94. The van der Waals surface area contributed by atoms with Gasteiger partial charge in [0.15, 0.2) is 5.41 Å². The molecule has 0 amide bonds. The summed E-state index contributed by atoms with van der Waals surface area (Å²) in [6.07, 6.45) is 2.61. The van der Waals surface area contributed by atoms with E-state index in [2.05, 4.69) is 0 Å². The van der Waals surface area contributed by atoms with Crippen LogP contribution < -0.4 is 0 Å². The highest BCUT2D eigenvalue weighted by Gasteiger charge is 2.63. The fourth-order valence-corrected chi connectivity index (χ4v) is 3.82. The normalized spacial score (nSPS) is 23.0. The molecule has 2 heterocycles. The van der Waals surface area contributed by atoms with Crippen LogP contribution in [0.1, 0.15) is 23.4 Å². The van der Waals surface area contributed by atoms with Crippen molar-refractivity contribution in [3.05, 3.63) is 59.6 Å². The van der Waals surface area contributed by atoms with Crippen molar-refractivity contribution in [3.8, 4) is 12.1 Å². The van der Waals surface area contributed by atoms with Crippen LogP contribution in [-0.4, -0.2) is 31.3 Å². The minimum Gasteiger partial charge on any atom is -0.511 e. The van der Waals surface area contributed by atoms with Gasteiger partial charge in [0.25, 0.3) is 0 Å². The van der Waals surface area contributed by atoms with E-state index in [0.29, 0.717) is 0 Å². The van der Waals surface area contributed by atoms with Crippen molar-refractivity contribution in [1.82, 2.24) is 0 Å². The zero-order valence-corrected chi connectivity index (χ0v) is 15.5. The van der Waals surface area contributed by atoms with Gasteiger partial charge < -0.3 is 23.4 Å². The minimum atomic E-state index is -2.07. The Bertz CT molecular complexity index is 1010. The molecule has 0 radical (unpaired) electrons. The third-order valence-electron chi connectivity index (χ3n) is 5.05. The fraction of sp³-hybridized carbons (Fsp3) is 0.300. The van der Waals surface area contributed by atoms with Gasteiger partial charge in [0.05, 0.1) is 56.3 Å². The zero-order valence-electron chi connectivity index (χ0n) is 15.5. The van der Waals surface area contributed by atoms with Crippen molar-refractivity contribution in [3.63, 3.8) is 0 Å². The molecule has 3 atom stereocenters. The second-order valence-corrected chi connectivity index (χ2v) is 6.33. The van der Waals surface area contributed by atoms with Gasteiger partial charge in [-0.3, -0.25) is 4.79 Å². The number of hydrogen-bond acceptors (Lipinski definition) is 9. The number of aliphatic hydroxyl groups excluding tert-OH is 1. The topological polar surface area (TPSA) is 147 Å². The molecule has 0 aliphatic heterocycles. The van der Waals surface area contributed by atoms with Crippen LogP contribution >= 0.6 is 0 Å². The third kappa shape index (κ3) is 2.84. The summed E-state index contributed by atoms with van der Waals surface area (Å²) >= 11 is 0. The van der Waals surface area contributed by atoms with E-state index in [1.807, 2.05) is 12.1 Å². The maximum Gasteiger partial charge on any atom is 0.338 e. The Labute approximate surface area is 165 Å². The largest absolute Gasteiger partial charge is 0.511 e. The molecule has 3 rings (SSSR count). The first-order valence-electron chi connectivity index (χ1n) is 8.45. The first-order chi connectivity index (χ1) is 14.0. The average molecular weight is 396 g/mol. The summed E-state index contributed by atoms with van der Waals surface area (Å²) < 4.78 is 20.3. The number of aliphatic hydroxyl groups is 1. The SMILES string of the molecule is COC(=O)C1=C(O)[C@H](C(=O)OC)[C@@H](c2ccco2)C(C#N)(C#N)[C@H]1c1ccco1. The molecule has 1 aliphatic rings. The van der Waals surface area contributed by atoms with Gasteiger partial charge in [-0.25, -0.2) is 4.79 Å². The Morgan fingerprint density at radius 1 is 1.07 bits per heavy atom. The van der Waals surface area contributed by atoms with Crippen molar-refractivity contribution in [2.75, 3.05) is 14.2 Å². The summed E-state index contributed by atoms with van der Waals surface area (Å²) in [6.45, 7) is 0. The van der Waals surface area contributed by atoms with Gasteiger partial charge in [0.1, 0.15) is 23.2 Å². The second kappa shape index (κ2) is 7.56. The average Bonchev–Trinajstić information content (AvgIpc) is 3.45. The van der Waals surface area contributed by atoms with Gasteiger partial charge in [-0.05, 0) is 24.3 Å². The van der Waals surface area contributed by atoms with Crippen LogP contribution in [0, 0.1) is 34.0 Å². The summed E-state index contributed by atoms with van der Waals surface area (Å²) in [5.74, 6) is -6.66. The molecule has 0 unspecified atom stereocenters. The van der Waals surface area contributed by atoms with E-state index in [9.17, 15) is 25.2 Å². The Hall–Kier alpha value is -3.98. The van der Waals surface area contributed by atoms with Gasteiger partial charge in [-0.15, -0.1) is 0 Å². The molecular weight excluding hydrogens is 380 g/mol. The lowest BCUT2D eigenvalue weighted by Crippen LogP contribution is -2.47. The van der Waals surface area contributed by atoms with E-state index in [4.69, 9.17) is 18.3 Å². The second-order valence-electron chi connectivity index (χ2n) is 6.33. The van der Waals surface area contributed by atoms with E-state index in [-0.39, 0.29) is 11.5 Å². The maximum atomic E-state index is 12.6. The molecular formula is C20H16N2O7. The molecule has 0 saturated carbocycles. The molecule has 9 nitrogen and oxygen atoms in total. The number of ether oxygens (including phenoxy) is 2. The van der Waals surface area contributed by atoms with E-state index < -0.39 is 46.4 Å². The highest BCUT2D eigenvalue weighted by Crippen LogP contribution is 2.59. The molecule has 148 valence electrons. The molecule has 0 fully saturated rings. The summed E-state index contributed by atoms with van der Waals surface area (Å²) in [5.41, 5.74) is -2.49. The lowest BCUT2D eigenvalue weighted by molar-refractivity contribution is -0.147. The summed E-state index contributed by atoms with van der Waals surface area (Å²) in [6, 6.07) is 9.84. The van der Waals surface area contributed by atoms with Gasteiger partial charge in [0, 0.05) is 0 Å². The Kier molecular flexibility index (Phi) is 5.16. The highest BCUT2D eigenvalue weighted by atomic mass is 16.5. The van der Waals surface area contributed by atoms with Gasteiger partial charge >= 0.3 is 11.9 Å². The van der Waals surface area contributed by atoms with Crippen LogP contribution in [0.3, 0.4) is 0 Å². The lowest BCUT2D eigenvalue weighted by atomic mass is 9.56. The predicted molar refractivity (Wildman–Crippen MR) is 93.7 cm³/mol. The van der Waals surface area contributed by atoms with Crippen molar-refractivity contribution in [1.29, 1.82) is 10.5 Å². The van der Waals surface area contributed by atoms with Crippen LogP contribution in [-0.2, 0) is 19.1 Å². The van der Waals surface area contributed by atoms with Gasteiger partial charge in [-0.1, -0.05) is 0 Å². The van der Waals surface area contributed by atoms with Crippen molar-refractivity contribution >= 4 is 11.9 Å². The summed E-state index contributed by atoms with van der Waals surface area (Å²) in [5, 5.41) is 31.3. The van der Waals surface area contributed by atoms with E-state index in [1.54, 1.807) is 0 Å². The van der Waals surface area contributed by atoms with E-state index >= 15 is 0 Å². The van der Waals surface area contributed by atoms with Crippen LogP contribution in [0.2, 0.25) is 0 Å². The number of carbonyl (C=O) groups excluding carboxylic acids is 2. The first kappa shape index (κ1) is 19.8. The number of nitriles is 2. The molecule has 2 aromatic rings. The lowest BCUT2D eigenvalue weighted by Gasteiger charge is -2.41. The molecule has 0 saturated heterocycles. The maximum absolute atomic E-state index is 12.6. The first-order valence-corrected chi connectivity index (χ1v) is 8.45. The van der Waals surface area contributed by atoms with Gasteiger partial charge in [-0.2, -0.15) is 10.5 Å². The number of methoxy groups -OCH3 is 2. The number of carbonyl (C=O) groups is 2. The smallest absolute Gasteiger partial charge is 0.338 e. The predicted octanol–water partition coefficient (Wildman–Crippen LogP) is 2.56. The Balaban J connectivity index is 2.44. The van der Waals surface area contributed by atoms with Crippen LogP contribution in [0.4, 0.5) is 0 Å². The molecule has 9 heteroatoms. The molecule has 1 N–H and O–H groups in total.